The number of hydrogen-bond donors (Lipinski definition) is 2. The lowest BCUT2D eigenvalue weighted by Crippen LogP contribution is -2.14. The molecule has 0 spiro atoms. The van der Waals surface area contributed by atoms with E-state index < -0.39 is 5.60 Å². The van der Waals surface area contributed by atoms with Crippen LogP contribution in [0.1, 0.15) is 25.0 Å². The summed E-state index contributed by atoms with van der Waals surface area (Å²) >= 11 is 0. The quantitative estimate of drug-likeness (QED) is 0.315. The molecule has 0 aliphatic heterocycles. The first-order chi connectivity index (χ1) is 7.01. The fourth-order valence-corrected chi connectivity index (χ4v) is 0.944. The van der Waals surface area contributed by atoms with Crippen molar-refractivity contribution in [2.24, 2.45) is 5.16 Å². The van der Waals surface area contributed by atoms with Crippen LogP contribution in [0.2, 0.25) is 0 Å². The first kappa shape index (κ1) is 11.3. The Kier molecular flexibility index (Phi) is 3.48. The van der Waals surface area contributed by atoms with Crippen LogP contribution in [0.25, 0.3) is 0 Å². The molecule has 0 unspecified atom stereocenters. The average molecular weight is 203 g/mol. The molecule has 0 bridgehead atoms. The van der Waals surface area contributed by atoms with Gasteiger partial charge in [0.25, 0.3) is 0 Å². The van der Waals surface area contributed by atoms with E-state index in [2.05, 4.69) is 17.0 Å². The van der Waals surface area contributed by atoms with Gasteiger partial charge in [-0.25, -0.2) is 0 Å². The summed E-state index contributed by atoms with van der Waals surface area (Å²) in [6.07, 6.45) is 1.34. The predicted octanol–water partition coefficient (Wildman–Crippen LogP) is 1.62. The molecule has 1 rings (SSSR count). The number of aliphatic hydroxyl groups is 1. The third-order valence-corrected chi connectivity index (χ3v) is 1.63. The van der Waals surface area contributed by atoms with Crippen molar-refractivity contribution in [2.45, 2.75) is 19.4 Å². The molecule has 0 amide bonds. The van der Waals surface area contributed by atoms with Crippen molar-refractivity contribution < 1.29 is 10.3 Å². The van der Waals surface area contributed by atoms with E-state index in [0.717, 1.165) is 11.1 Å². The third kappa shape index (κ3) is 4.30. The summed E-state index contributed by atoms with van der Waals surface area (Å²) in [6, 6.07) is 7.17. The maximum absolute atomic E-state index is 9.39. The molecule has 0 atom stereocenters. The SMILES string of the molecule is CC(C)(O)C#Cc1ccc(/C=N\O)cc1. The van der Waals surface area contributed by atoms with Crippen molar-refractivity contribution in [2.75, 3.05) is 0 Å². The van der Waals surface area contributed by atoms with E-state index in [1.54, 1.807) is 38.1 Å². The standard InChI is InChI=1S/C12H13NO2/c1-12(2,14)8-7-10-3-5-11(6-4-10)9-13-15/h3-6,9,14-15H,1-2H3/b13-9-. The van der Waals surface area contributed by atoms with Crippen molar-refractivity contribution in [1.29, 1.82) is 0 Å². The van der Waals surface area contributed by atoms with Crippen molar-refractivity contribution >= 4 is 6.21 Å². The summed E-state index contributed by atoms with van der Waals surface area (Å²) in [5.41, 5.74) is 0.629. The van der Waals surface area contributed by atoms with Gasteiger partial charge in [0, 0.05) is 5.56 Å². The van der Waals surface area contributed by atoms with Crippen LogP contribution >= 0.6 is 0 Å². The van der Waals surface area contributed by atoms with Crippen LogP contribution in [0.3, 0.4) is 0 Å². The molecule has 1 aromatic carbocycles. The van der Waals surface area contributed by atoms with Gasteiger partial charge >= 0.3 is 0 Å². The van der Waals surface area contributed by atoms with Crippen LogP contribution in [0.5, 0.6) is 0 Å². The summed E-state index contributed by atoms with van der Waals surface area (Å²) in [5.74, 6) is 5.56. The Bertz CT molecular complexity index is 402. The van der Waals surface area contributed by atoms with Gasteiger partial charge in [0.15, 0.2) is 0 Å². The second kappa shape index (κ2) is 4.63. The Hall–Kier alpha value is -1.79. The van der Waals surface area contributed by atoms with Gasteiger partial charge in [0.2, 0.25) is 0 Å². The fourth-order valence-electron chi connectivity index (χ4n) is 0.944. The monoisotopic (exact) mass is 203 g/mol. The molecule has 0 aliphatic carbocycles. The van der Waals surface area contributed by atoms with Gasteiger partial charge in [0.1, 0.15) is 5.60 Å². The largest absolute Gasteiger partial charge is 0.411 e. The van der Waals surface area contributed by atoms with E-state index in [-0.39, 0.29) is 0 Å². The number of benzene rings is 1. The lowest BCUT2D eigenvalue weighted by molar-refractivity contribution is 0.143. The third-order valence-electron chi connectivity index (χ3n) is 1.63. The van der Waals surface area contributed by atoms with Crippen LogP contribution in [-0.2, 0) is 0 Å². The second-order valence-electron chi connectivity index (χ2n) is 3.68. The van der Waals surface area contributed by atoms with Crippen molar-refractivity contribution in [1.82, 2.24) is 0 Å². The van der Waals surface area contributed by atoms with Crippen LogP contribution < -0.4 is 0 Å². The van der Waals surface area contributed by atoms with E-state index >= 15 is 0 Å². The minimum absolute atomic E-state index is 0.798. The highest BCUT2D eigenvalue weighted by atomic mass is 16.4. The summed E-state index contributed by atoms with van der Waals surface area (Å²) < 4.78 is 0. The van der Waals surface area contributed by atoms with Crippen LogP contribution in [0.4, 0.5) is 0 Å². The highest BCUT2D eigenvalue weighted by Gasteiger charge is 2.05. The van der Waals surface area contributed by atoms with Crippen molar-refractivity contribution in [3.05, 3.63) is 35.4 Å². The summed E-state index contributed by atoms with van der Waals surface area (Å²) in [6.45, 7) is 3.26. The molecule has 0 saturated heterocycles. The Morgan fingerprint density at radius 2 is 1.87 bits per heavy atom. The minimum Gasteiger partial charge on any atom is -0.411 e. The first-order valence-electron chi connectivity index (χ1n) is 4.54. The van der Waals surface area contributed by atoms with Crippen LogP contribution in [0.15, 0.2) is 29.4 Å². The Labute approximate surface area is 89.1 Å². The molecule has 78 valence electrons. The number of rotatable bonds is 1. The fraction of sp³-hybridized carbons (Fsp3) is 0.250. The molecule has 3 nitrogen and oxygen atoms in total. The van der Waals surface area contributed by atoms with Gasteiger partial charge < -0.3 is 10.3 Å². The smallest absolute Gasteiger partial charge is 0.120 e. The van der Waals surface area contributed by atoms with E-state index in [9.17, 15) is 5.11 Å². The van der Waals surface area contributed by atoms with Gasteiger partial charge in [-0.1, -0.05) is 29.1 Å². The number of oxime groups is 1. The van der Waals surface area contributed by atoms with Gasteiger partial charge in [-0.3, -0.25) is 0 Å². The first-order valence-corrected chi connectivity index (χ1v) is 4.54. The average Bonchev–Trinajstić information content (AvgIpc) is 2.16. The molecule has 15 heavy (non-hydrogen) atoms. The van der Waals surface area contributed by atoms with E-state index in [1.165, 1.54) is 6.21 Å². The Morgan fingerprint density at radius 3 is 2.33 bits per heavy atom. The number of hydrogen-bond acceptors (Lipinski definition) is 3. The van der Waals surface area contributed by atoms with Crippen molar-refractivity contribution in [3.63, 3.8) is 0 Å². The molecule has 1 aromatic rings. The Balaban J connectivity index is 2.84. The maximum atomic E-state index is 9.39. The highest BCUT2D eigenvalue weighted by molar-refractivity contribution is 5.79. The predicted molar refractivity (Wildman–Crippen MR) is 59.0 cm³/mol. The van der Waals surface area contributed by atoms with Gasteiger partial charge in [-0.05, 0) is 31.5 Å². The molecular formula is C12H13NO2. The molecule has 0 radical (unpaired) electrons. The zero-order valence-electron chi connectivity index (χ0n) is 8.73. The zero-order valence-corrected chi connectivity index (χ0v) is 8.73. The van der Waals surface area contributed by atoms with E-state index in [4.69, 9.17) is 5.21 Å². The summed E-state index contributed by atoms with van der Waals surface area (Å²) in [7, 11) is 0. The molecule has 3 heteroatoms. The summed E-state index contributed by atoms with van der Waals surface area (Å²) in [5, 5.41) is 20.6. The lowest BCUT2D eigenvalue weighted by Gasteiger charge is -2.05. The normalized spacial score (nSPS) is 11.1. The molecule has 0 heterocycles. The molecular weight excluding hydrogens is 190 g/mol. The van der Waals surface area contributed by atoms with Crippen molar-refractivity contribution in [3.8, 4) is 11.8 Å². The Morgan fingerprint density at radius 1 is 1.27 bits per heavy atom. The molecule has 2 N–H and O–H groups in total. The lowest BCUT2D eigenvalue weighted by atomic mass is 10.1. The van der Waals surface area contributed by atoms with E-state index in [0.29, 0.717) is 0 Å². The summed E-state index contributed by atoms with van der Waals surface area (Å²) in [4.78, 5) is 0. The molecule has 0 aromatic heterocycles. The zero-order chi connectivity index (χ0) is 11.3. The molecule has 0 fully saturated rings. The molecule has 0 aliphatic rings. The topological polar surface area (TPSA) is 52.8 Å². The highest BCUT2D eigenvalue weighted by Crippen LogP contribution is 2.03. The number of nitrogens with zero attached hydrogens (tertiary/aromatic N) is 1. The van der Waals surface area contributed by atoms with Gasteiger partial charge in [-0.2, -0.15) is 0 Å². The van der Waals surface area contributed by atoms with Crippen LogP contribution in [0, 0.1) is 11.8 Å². The van der Waals surface area contributed by atoms with E-state index in [1.807, 2.05) is 0 Å². The molecule has 0 saturated carbocycles. The minimum atomic E-state index is -0.981. The van der Waals surface area contributed by atoms with Gasteiger partial charge in [0.05, 0.1) is 6.21 Å². The maximum Gasteiger partial charge on any atom is 0.120 e. The second-order valence-corrected chi connectivity index (χ2v) is 3.68. The van der Waals surface area contributed by atoms with Gasteiger partial charge in [-0.15, -0.1) is 0 Å². The van der Waals surface area contributed by atoms with Crippen LogP contribution in [-0.4, -0.2) is 22.1 Å².